The Bertz CT molecular complexity index is 730. The monoisotopic (exact) mass is 376 g/mol. The van der Waals surface area contributed by atoms with Gasteiger partial charge in [-0.15, -0.1) is 0 Å². The van der Waals surface area contributed by atoms with Gasteiger partial charge in [0.05, 0.1) is 7.11 Å². The average molecular weight is 376 g/mol. The van der Waals surface area contributed by atoms with Crippen molar-refractivity contribution in [3.8, 4) is 5.75 Å². The molecule has 1 saturated heterocycles. The Balaban J connectivity index is 1.88. The third-order valence-electron chi connectivity index (χ3n) is 4.44. The molecule has 1 N–H and O–H groups in total. The summed E-state index contributed by atoms with van der Waals surface area (Å²) in [4.78, 5) is 49.4. The van der Waals surface area contributed by atoms with Gasteiger partial charge in [-0.1, -0.05) is 19.8 Å². The Kier molecular flexibility index (Phi) is 6.55. The summed E-state index contributed by atoms with van der Waals surface area (Å²) >= 11 is 0. The van der Waals surface area contributed by atoms with Gasteiger partial charge in [0.2, 0.25) is 0 Å². The molecule has 0 aliphatic carbocycles. The number of carbonyl (C=O) groups is 4. The number of hydrogen-bond donors (Lipinski definition) is 1. The maximum absolute atomic E-state index is 12.5. The number of amides is 3. The molecule has 0 unspecified atom stereocenters. The van der Waals surface area contributed by atoms with Gasteiger partial charge in [-0.05, 0) is 37.6 Å². The highest BCUT2D eigenvalue weighted by Crippen LogP contribution is 2.23. The summed E-state index contributed by atoms with van der Waals surface area (Å²) < 4.78 is 9.94. The number of methoxy groups -OCH3 is 1. The van der Waals surface area contributed by atoms with Crippen molar-refractivity contribution in [1.29, 1.82) is 0 Å². The first kappa shape index (κ1) is 20.4. The zero-order chi connectivity index (χ0) is 20.0. The van der Waals surface area contributed by atoms with Gasteiger partial charge in [0, 0.05) is 5.56 Å². The molecule has 8 heteroatoms. The summed E-state index contributed by atoms with van der Waals surface area (Å²) in [5.74, 6) is -1.07. The summed E-state index contributed by atoms with van der Waals surface area (Å²) in [5.41, 5.74) is -0.641. The third kappa shape index (κ3) is 4.84. The highest BCUT2D eigenvalue weighted by molar-refractivity contribution is 6.08. The molecule has 0 aromatic heterocycles. The minimum Gasteiger partial charge on any atom is -0.497 e. The van der Waals surface area contributed by atoms with Gasteiger partial charge in [0.15, 0.2) is 12.4 Å². The van der Waals surface area contributed by atoms with Gasteiger partial charge in [0.1, 0.15) is 17.8 Å². The fourth-order valence-corrected chi connectivity index (χ4v) is 2.77. The number of rotatable bonds is 9. The summed E-state index contributed by atoms with van der Waals surface area (Å²) in [6.07, 6.45) is 2.15. The SMILES string of the molecule is CCCC[C@@]1(C)NC(=O)N(CC(=O)OCC(=O)c2ccc(OC)cc2)C1=O. The molecular weight excluding hydrogens is 352 g/mol. The lowest BCUT2D eigenvalue weighted by molar-refractivity contribution is -0.146. The molecule has 0 bridgehead atoms. The van der Waals surface area contributed by atoms with E-state index in [9.17, 15) is 19.2 Å². The van der Waals surface area contributed by atoms with Crippen LogP contribution in [-0.2, 0) is 14.3 Å². The van der Waals surface area contributed by atoms with Crippen LogP contribution in [-0.4, -0.2) is 54.4 Å². The normalized spacial score (nSPS) is 19.0. The van der Waals surface area contributed by atoms with Crippen molar-refractivity contribution in [3.63, 3.8) is 0 Å². The predicted molar refractivity (Wildman–Crippen MR) is 96.5 cm³/mol. The van der Waals surface area contributed by atoms with E-state index in [2.05, 4.69) is 5.32 Å². The number of esters is 1. The van der Waals surface area contributed by atoms with Gasteiger partial charge in [0.25, 0.3) is 5.91 Å². The van der Waals surface area contributed by atoms with Crippen LogP contribution in [0.5, 0.6) is 5.75 Å². The Labute approximate surface area is 157 Å². The number of nitrogens with zero attached hydrogens (tertiary/aromatic N) is 1. The highest BCUT2D eigenvalue weighted by atomic mass is 16.5. The first-order valence-electron chi connectivity index (χ1n) is 8.77. The van der Waals surface area contributed by atoms with Crippen LogP contribution in [0.1, 0.15) is 43.5 Å². The lowest BCUT2D eigenvalue weighted by Gasteiger charge is -2.21. The number of nitrogens with one attached hydrogen (secondary N) is 1. The van der Waals surface area contributed by atoms with Crippen LogP contribution >= 0.6 is 0 Å². The lowest BCUT2D eigenvalue weighted by Crippen LogP contribution is -2.44. The zero-order valence-electron chi connectivity index (χ0n) is 15.7. The van der Waals surface area contributed by atoms with Crippen molar-refractivity contribution >= 4 is 23.7 Å². The maximum atomic E-state index is 12.5. The standard InChI is InChI=1S/C19H24N2O6/c1-4-5-10-19(2)17(24)21(18(25)20-19)11-16(23)27-12-15(22)13-6-8-14(26-3)9-7-13/h6-9H,4-5,10-12H2,1-3H3,(H,20,25)/t19-/m1/s1. The van der Waals surface area contributed by atoms with E-state index in [1.165, 1.54) is 7.11 Å². The molecule has 1 fully saturated rings. The molecule has 1 aromatic carbocycles. The van der Waals surface area contributed by atoms with Gasteiger partial charge < -0.3 is 14.8 Å². The van der Waals surface area contributed by atoms with E-state index in [1.807, 2.05) is 6.92 Å². The topological polar surface area (TPSA) is 102 Å². The van der Waals surface area contributed by atoms with Crippen molar-refractivity contribution in [2.45, 2.75) is 38.6 Å². The minimum absolute atomic E-state index is 0.366. The molecule has 1 heterocycles. The van der Waals surface area contributed by atoms with E-state index < -0.39 is 42.4 Å². The molecule has 1 aliphatic rings. The number of benzene rings is 1. The fraction of sp³-hybridized carbons (Fsp3) is 0.474. The van der Waals surface area contributed by atoms with Crippen LogP contribution in [0.3, 0.4) is 0 Å². The first-order chi connectivity index (χ1) is 12.8. The van der Waals surface area contributed by atoms with Crippen molar-refractivity contribution < 1.29 is 28.7 Å². The number of unbranched alkanes of at least 4 members (excludes halogenated alkanes) is 1. The van der Waals surface area contributed by atoms with E-state index in [1.54, 1.807) is 31.2 Å². The van der Waals surface area contributed by atoms with Crippen molar-refractivity contribution in [2.24, 2.45) is 0 Å². The van der Waals surface area contributed by atoms with Crippen molar-refractivity contribution in [2.75, 3.05) is 20.3 Å². The maximum Gasteiger partial charge on any atom is 0.326 e. The van der Waals surface area contributed by atoms with E-state index >= 15 is 0 Å². The molecule has 3 amide bonds. The molecule has 27 heavy (non-hydrogen) atoms. The number of urea groups is 1. The van der Waals surface area contributed by atoms with Gasteiger partial charge in [-0.2, -0.15) is 0 Å². The molecule has 2 rings (SSSR count). The number of imide groups is 1. The fourth-order valence-electron chi connectivity index (χ4n) is 2.77. The first-order valence-corrected chi connectivity index (χ1v) is 8.77. The predicted octanol–water partition coefficient (Wildman–Crippen LogP) is 1.92. The van der Waals surface area contributed by atoms with Crippen LogP contribution in [0.15, 0.2) is 24.3 Å². The molecule has 1 atom stereocenters. The smallest absolute Gasteiger partial charge is 0.326 e. The summed E-state index contributed by atoms with van der Waals surface area (Å²) in [5, 5.41) is 2.62. The van der Waals surface area contributed by atoms with Gasteiger partial charge in [-0.3, -0.25) is 19.3 Å². The molecule has 0 spiro atoms. The molecule has 8 nitrogen and oxygen atoms in total. The van der Waals surface area contributed by atoms with Crippen LogP contribution in [0.2, 0.25) is 0 Å². The average Bonchev–Trinajstić information content (AvgIpc) is 2.88. The van der Waals surface area contributed by atoms with E-state index in [-0.39, 0.29) is 0 Å². The molecule has 1 aliphatic heterocycles. The largest absolute Gasteiger partial charge is 0.497 e. The molecule has 0 saturated carbocycles. The molecule has 1 aromatic rings. The summed E-state index contributed by atoms with van der Waals surface area (Å²) in [7, 11) is 1.52. The van der Waals surface area contributed by atoms with E-state index in [0.717, 1.165) is 17.7 Å². The highest BCUT2D eigenvalue weighted by Gasteiger charge is 2.47. The third-order valence-corrected chi connectivity index (χ3v) is 4.44. The Morgan fingerprint density at radius 1 is 1.19 bits per heavy atom. The van der Waals surface area contributed by atoms with Gasteiger partial charge >= 0.3 is 12.0 Å². The van der Waals surface area contributed by atoms with Crippen LogP contribution in [0, 0.1) is 0 Å². The molecule has 0 radical (unpaired) electrons. The number of ketones is 1. The Morgan fingerprint density at radius 2 is 1.85 bits per heavy atom. The van der Waals surface area contributed by atoms with Crippen molar-refractivity contribution in [3.05, 3.63) is 29.8 Å². The van der Waals surface area contributed by atoms with E-state index in [0.29, 0.717) is 17.7 Å². The van der Waals surface area contributed by atoms with Gasteiger partial charge in [-0.25, -0.2) is 4.79 Å². The number of Topliss-reactive ketones (excluding diaryl/α,β-unsaturated/α-hetero) is 1. The van der Waals surface area contributed by atoms with Crippen LogP contribution < -0.4 is 10.1 Å². The van der Waals surface area contributed by atoms with Crippen LogP contribution in [0.4, 0.5) is 4.79 Å². The van der Waals surface area contributed by atoms with E-state index in [4.69, 9.17) is 9.47 Å². The summed E-state index contributed by atoms with van der Waals surface area (Å²) in [6.45, 7) is 2.63. The molecule has 146 valence electrons. The second-order valence-corrected chi connectivity index (χ2v) is 6.57. The number of carbonyl (C=O) groups excluding carboxylic acids is 4. The second kappa shape index (κ2) is 8.66. The molecular formula is C19H24N2O6. The summed E-state index contributed by atoms with van der Waals surface area (Å²) in [6, 6.07) is 5.74. The number of hydrogen-bond acceptors (Lipinski definition) is 6. The Hall–Kier alpha value is -2.90. The number of ether oxygens (including phenoxy) is 2. The Morgan fingerprint density at radius 3 is 2.44 bits per heavy atom. The lowest BCUT2D eigenvalue weighted by atomic mass is 9.95. The quantitative estimate of drug-likeness (QED) is 0.401. The zero-order valence-corrected chi connectivity index (χ0v) is 15.7. The second-order valence-electron chi connectivity index (χ2n) is 6.57. The van der Waals surface area contributed by atoms with Crippen molar-refractivity contribution in [1.82, 2.24) is 10.2 Å². The van der Waals surface area contributed by atoms with Crippen LogP contribution in [0.25, 0.3) is 0 Å². The minimum atomic E-state index is -1.01.